The van der Waals surface area contributed by atoms with Gasteiger partial charge < -0.3 is 24.4 Å². The Hall–Kier alpha value is -1.67. The van der Waals surface area contributed by atoms with Gasteiger partial charge in [-0.15, -0.1) is 0 Å². The fraction of sp³-hybridized carbons (Fsp3) is 0.914. The van der Waals surface area contributed by atoms with Crippen molar-refractivity contribution in [2.45, 2.75) is 156 Å². The third-order valence-electron chi connectivity index (χ3n) is 14.1. The van der Waals surface area contributed by atoms with E-state index in [0.717, 1.165) is 51.4 Å². The number of rotatable bonds is 6. The number of fused-ring (bicyclic) bond motifs is 5. The van der Waals surface area contributed by atoms with Crippen LogP contribution >= 0.6 is 0 Å². The van der Waals surface area contributed by atoms with Gasteiger partial charge >= 0.3 is 17.9 Å². The molecule has 4 saturated carbocycles. The van der Waals surface area contributed by atoms with Crippen LogP contribution in [-0.2, 0) is 28.6 Å². The zero-order chi connectivity index (χ0) is 32.0. The molecular weight excluding hydrogens is 548 g/mol. The van der Waals surface area contributed by atoms with E-state index in [-0.39, 0.29) is 69.3 Å². The molecule has 0 amide bonds. The molecule has 1 heterocycles. The van der Waals surface area contributed by atoms with Crippen molar-refractivity contribution < 1.29 is 38.8 Å². The second-order valence-electron chi connectivity index (χ2n) is 17.1. The Morgan fingerprint density at radius 1 is 0.860 bits per heavy atom. The fourth-order valence-electron chi connectivity index (χ4n) is 11.9. The van der Waals surface area contributed by atoms with Crippen LogP contribution in [0.25, 0.3) is 0 Å². The highest BCUT2D eigenvalue weighted by atomic mass is 16.6. The van der Waals surface area contributed by atoms with Crippen molar-refractivity contribution >= 4 is 17.9 Å². The molecule has 244 valence electrons. The lowest BCUT2D eigenvalue weighted by atomic mass is 9.35. The molecule has 11 atom stereocenters. The predicted octanol–water partition coefficient (Wildman–Crippen LogP) is 6.31. The number of aliphatic hydroxyl groups is 1. The van der Waals surface area contributed by atoms with Gasteiger partial charge in [0.15, 0.2) is 0 Å². The van der Waals surface area contributed by atoms with Crippen molar-refractivity contribution in [3.05, 3.63) is 0 Å². The summed E-state index contributed by atoms with van der Waals surface area (Å²) >= 11 is 0. The largest absolute Gasteiger partial charge is 0.481 e. The molecule has 2 N–H and O–H groups in total. The maximum atomic E-state index is 12.6. The highest BCUT2D eigenvalue weighted by molar-refractivity contribution is 5.90. The summed E-state index contributed by atoms with van der Waals surface area (Å²) in [7, 11) is 0. The molecule has 8 heteroatoms. The Bertz CT molecular complexity index is 1140. The Kier molecular flexibility index (Phi) is 7.94. The van der Waals surface area contributed by atoms with Gasteiger partial charge in [0.1, 0.15) is 18.6 Å². The molecule has 5 fully saturated rings. The molecule has 8 nitrogen and oxygen atoms in total. The second kappa shape index (κ2) is 10.4. The molecule has 0 aromatic carbocycles. The van der Waals surface area contributed by atoms with Crippen LogP contribution in [0.5, 0.6) is 0 Å². The van der Waals surface area contributed by atoms with E-state index in [1.807, 2.05) is 13.8 Å². The molecule has 5 aliphatic rings. The van der Waals surface area contributed by atoms with Crippen LogP contribution in [0.15, 0.2) is 0 Å². The average molecular weight is 605 g/mol. The maximum Gasteiger partial charge on any atom is 0.317 e. The fourth-order valence-corrected chi connectivity index (χ4v) is 11.9. The molecule has 43 heavy (non-hydrogen) atoms. The Balaban J connectivity index is 1.48. The van der Waals surface area contributed by atoms with E-state index < -0.39 is 24.0 Å². The zero-order valence-corrected chi connectivity index (χ0v) is 28.0. The van der Waals surface area contributed by atoms with Crippen LogP contribution in [0.1, 0.15) is 127 Å². The predicted molar refractivity (Wildman–Crippen MR) is 161 cm³/mol. The Morgan fingerprint density at radius 3 is 2.09 bits per heavy atom. The van der Waals surface area contributed by atoms with Gasteiger partial charge in [-0.05, 0) is 113 Å². The first kappa shape index (κ1) is 32.7. The van der Waals surface area contributed by atoms with Gasteiger partial charge in [-0.2, -0.15) is 0 Å². The molecule has 0 bridgehead atoms. The number of ether oxygens (including phenoxy) is 3. The van der Waals surface area contributed by atoms with E-state index in [4.69, 9.17) is 19.3 Å². The van der Waals surface area contributed by atoms with Gasteiger partial charge in [0, 0.05) is 18.3 Å². The van der Waals surface area contributed by atoms with Crippen molar-refractivity contribution in [2.75, 3.05) is 0 Å². The third-order valence-corrected chi connectivity index (χ3v) is 14.1. The number of carboxylic acids is 1. The van der Waals surface area contributed by atoms with Crippen molar-refractivity contribution in [2.24, 2.45) is 45.3 Å². The molecule has 0 radical (unpaired) electrons. The molecule has 1 aliphatic heterocycles. The quantitative estimate of drug-likeness (QED) is 0.268. The average Bonchev–Trinajstić information content (AvgIpc) is 3.44. The van der Waals surface area contributed by atoms with E-state index >= 15 is 0 Å². The van der Waals surface area contributed by atoms with Crippen LogP contribution in [0.4, 0.5) is 0 Å². The van der Waals surface area contributed by atoms with E-state index in [9.17, 15) is 19.5 Å². The van der Waals surface area contributed by atoms with Crippen LogP contribution in [-0.4, -0.2) is 57.6 Å². The van der Waals surface area contributed by atoms with E-state index in [2.05, 4.69) is 41.5 Å². The Labute approximate surface area is 258 Å². The number of hydrogen-bond donors (Lipinski definition) is 2. The number of aliphatic carboxylic acids is 1. The summed E-state index contributed by atoms with van der Waals surface area (Å²) in [6, 6.07) is 0. The van der Waals surface area contributed by atoms with Gasteiger partial charge in [0.2, 0.25) is 0 Å². The monoisotopic (exact) mass is 604 g/mol. The minimum atomic E-state index is -1.17. The molecule has 0 unspecified atom stereocenters. The number of hydrogen-bond acceptors (Lipinski definition) is 7. The smallest absolute Gasteiger partial charge is 0.317 e. The summed E-state index contributed by atoms with van der Waals surface area (Å²) in [6.07, 6.45) is 6.90. The number of esters is 2. The van der Waals surface area contributed by atoms with Crippen molar-refractivity contribution in [1.82, 2.24) is 0 Å². The Morgan fingerprint density at radius 2 is 1.51 bits per heavy atom. The first-order chi connectivity index (χ1) is 19.7. The lowest BCUT2D eigenvalue weighted by Gasteiger charge is -2.70. The van der Waals surface area contributed by atoms with E-state index in [0.29, 0.717) is 12.3 Å². The number of carbonyl (C=O) groups is 3. The first-order valence-electron chi connectivity index (χ1n) is 16.7. The summed E-state index contributed by atoms with van der Waals surface area (Å²) in [5.74, 6) is -1.05. The lowest BCUT2D eigenvalue weighted by molar-refractivity contribution is -0.254. The molecule has 0 aromatic rings. The van der Waals surface area contributed by atoms with Gasteiger partial charge in [0.05, 0.1) is 17.3 Å². The summed E-state index contributed by atoms with van der Waals surface area (Å²) < 4.78 is 18.9. The molecular formula is C35H56O8. The topological polar surface area (TPSA) is 119 Å². The van der Waals surface area contributed by atoms with E-state index in [1.54, 1.807) is 0 Å². The maximum absolute atomic E-state index is 12.6. The zero-order valence-electron chi connectivity index (χ0n) is 28.0. The molecule has 5 rings (SSSR count). The summed E-state index contributed by atoms with van der Waals surface area (Å²) in [5.41, 5.74) is -1.66. The minimum Gasteiger partial charge on any atom is -0.481 e. The SMILES string of the molecule is CC(=O)O[C@@H]1C[C@H]2[C@@]3(C)CC[C@@H](OC(=O)CC(=O)O)C(C)(C)[C@@H]3CC[C@@]2(C)[C@]2(C)CC[C@H]([C@]3(C)CC[C@H](C(C)(C)O)O3)[C@H]12. The molecule has 0 spiro atoms. The highest BCUT2D eigenvalue weighted by Gasteiger charge is 2.72. The summed E-state index contributed by atoms with van der Waals surface area (Å²) in [5, 5.41) is 19.9. The first-order valence-corrected chi connectivity index (χ1v) is 16.7. The molecule has 4 aliphatic carbocycles. The van der Waals surface area contributed by atoms with Gasteiger partial charge in [0.25, 0.3) is 0 Å². The number of carboxylic acid groups (broad SMARTS) is 1. The second-order valence-corrected chi connectivity index (χ2v) is 17.1. The standard InChI is InChI=1S/C35H56O8/c1-20(36)41-22-18-24-32(6)14-12-25(42-28(39)19-27(37)38)30(2,3)23(32)11-16-33(24,7)34(8)15-10-21(29(22)34)35(9)17-13-26(43-35)31(4,5)40/h21-26,29,40H,10-19H2,1-9H3,(H,37,38)/t21-,22+,23-,24-,25+,26+,29+,32-,33+,34+,35-/m0/s1. The van der Waals surface area contributed by atoms with Crippen molar-refractivity contribution in [3.63, 3.8) is 0 Å². The molecule has 1 saturated heterocycles. The third kappa shape index (κ3) is 5.05. The summed E-state index contributed by atoms with van der Waals surface area (Å²) in [6.45, 7) is 19.2. The van der Waals surface area contributed by atoms with Crippen molar-refractivity contribution in [3.8, 4) is 0 Å². The van der Waals surface area contributed by atoms with Crippen LogP contribution in [0, 0.1) is 45.3 Å². The van der Waals surface area contributed by atoms with Gasteiger partial charge in [-0.1, -0.05) is 34.6 Å². The normalized spacial score (nSPS) is 47.2. The highest BCUT2D eigenvalue weighted by Crippen LogP contribution is 2.76. The van der Waals surface area contributed by atoms with E-state index in [1.165, 1.54) is 6.92 Å². The van der Waals surface area contributed by atoms with Crippen molar-refractivity contribution in [1.29, 1.82) is 0 Å². The van der Waals surface area contributed by atoms with Crippen LogP contribution < -0.4 is 0 Å². The van der Waals surface area contributed by atoms with Gasteiger partial charge in [-0.25, -0.2) is 0 Å². The van der Waals surface area contributed by atoms with Crippen LogP contribution in [0.2, 0.25) is 0 Å². The van der Waals surface area contributed by atoms with Crippen LogP contribution in [0.3, 0.4) is 0 Å². The molecule has 0 aromatic heterocycles. The lowest BCUT2D eigenvalue weighted by Crippen LogP contribution is -2.67. The number of carbonyl (C=O) groups excluding carboxylic acids is 2. The summed E-state index contributed by atoms with van der Waals surface area (Å²) in [4.78, 5) is 36.2. The minimum absolute atomic E-state index is 0.0296. The van der Waals surface area contributed by atoms with Gasteiger partial charge in [-0.3, -0.25) is 14.4 Å².